The quantitative estimate of drug-likeness (QED) is 0.182. The van der Waals surface area contributed by atoms with Gasteiger partial charge in [-0.25, -0.2) is 9.59 Å². The SMILES string of the molecule is CCC(Sc1cccc(NC(=O)c2cccc3cccc(C(=O)O)c23)c1)C(=O)Nc1cc(C(=O)O)ccc1C. The predicted molar refractivity (Wildman–Crippen MR) is 152 cm³/mol. The van der Waals surface area contributed by atoms with Gasteiger partial charge in [0.15, 0.2) is 0 Å². The van der Waals surface area contributed by atoms with Crippen LogP contribution in [0.5, 0.6) is 0 Å². The lowest BCUT2D eigenvalue weighted by molar-refractivity contribution is -0.115. The summed E-state index contributed by atoms with van der Waals surface area (Å²) < 4.78 is 0. The second kappa shape index (κ2) is 11.8. The van der Waals surface area contributed by atoms with Crippen LogP contribution in [0.15, 0.2) is 83.8 Å². The molecule has 4 aromatic carbocycles. The number of thioether (sulfide) groups is 1. The first-order chi connectivity index (χ1) is 18.7. The molecule has 198 valence electrons. The predicted octanol–water partition coefficient (Wildman–Crippen LogP) is 6.31. The first-order valence-electron chi connectivity index (χ1n) is 12.2. The van der Waals surface area contributed by atoms with Crippen molar-refractivity contribution in [2.24, 2.45) is 0 Å². The van der Waals surface area contributed by atoms with Crippen molar-refractivity contribution in [2.45, 2.75) is 30.4 Å². The zero-order chi connectivity index (χ0) is 28.1. The zero-order valence-electron chi connectivity index (χ0n) is 21.2. The normalized spacial score (nSPS) is 11.5. The van der Waals surface area contributed by atoms with Crippen LogP contribution < -0.4 is 10.6 Å². The molecule has 0 aliphatic rings. The lowest BCUT2D eigenvalue weighted by Crippen LogP contribution is -2.25. The van der Waals surface area contributed by atoms with Gasteiger partial charge in [0, 0.05) is 27.2 Å². The highest BCUT2D eigenvalue weighted by atomic mass is 32.2. The molecule has 0 heterocycles. The standard InChI is InChI=1S/C30H26N2O6S/c1-3-25(28(34)32-24-15-19(29(35)36)14-13-17(24)2)39-21-10-6-9-20(16-21)31-27(33)22-11-4-7-18-8-5-12-23(26(18)22)30(37)38/h4-16,25H,3H2,1-2H3,(H,31,33)(H,32,34)(H,35,36)(H,37,38). The minimum Gasteiger partial charge on any atom is -0.478 e. The fourth-order valence-corrected chi connectivity index (χ4v) is 5.16. The van der Waals surface area contributed by atoms with Gasteiger partial charge >= 0.3 is 11.9 Å². The van der Waals surface area contributed by atoms with Crippen LogP contribution in [-0.4, -0.2) is 39.2 Å². The Labute approximate surface area is 229 Å². The molecule has 1 atom stereocenters. The molecule has 8 nitrogen and oxygen atoms in total. The van der Waals surface area contributed by atoms with Gasteiger partial charge in [0.05, 0.1) is 16.4 Å². The van der Waals surface area contributed by atoms with E-state index in [1.54, 1.807) is 61.5 Å². The monoisotopic (exact) mass is 542 g/mol. The second-order valence-electron chi connectivity index (χ2n) is 8.84. The van der Waals surface area contributed by atoms with E-state index in [4.69, 9.17) is 0 Å². The van der Waals surface area contributed by atoms with E-state index in [0.29, 0.717) is 28.6 Å². The van der Waals surface area contributed by atoms with Gasteiger partial charge in [-0.1, -0.05) is 43.3 Å². The number of nitrogens with one attached hydrogen (secondary N) is 2. The molecule has 4 N–H and O–H groups in total. The van der Waals surface area contributed by atoms with Gasteiger partial charge in [-0.3, -0.25) is 9.59 Å². The lowest BCUT2D eigenvalue weighted by Gasteiger charge is -2.17. The highest BCUT2D eigenvalue weighted by molar-refractivity contribution is 8.00. The van der Waals surface area contributed by atoms with Crippen molar-refractivity contribution in [3.05, 3.63) is 101 Å². The van der Waals surface area contributed by atoms with Crippen LogP contribution in [0.4, 0.5) is 11.4 Å². The van der Waals surface area contributed by atoms with Gasteiger partial charge in [-0.15, -0.1) is 11.8 Å². The molecule has 39 heavy (non-hydrogen) atoms. The van der Waals surface area contributed by atoms with E-state index in [1.165, 1.54) is 30.0 Å². The molecule has 1 unspecified atom stereocenters. The Kier molecular flexibility index (Phi) is 8.31. The minimum absolute atomic E-state index is 0.0449. The van der Waals surface area contributed by atoms with Gasteiger partial charge in [0.2, 0.25) is 5.91 Å². The van der Waals surface area contributed by atoms with Crippen LogP contribution in [0, 0.1) is 6.92 Å². The second-order valence-corrected chi connectivity index (χ2v) is 10.1. The molecule has 0 aliphatic heterocycles. The summed E-state index contributed by atoms with van der Waals surface area (Å²) in [6, 6.07) is 21.5. The van der Waals surface area contributed by atoms with E-state index in [9.17, 15) is 29.4 Å². The molecule has 0 spiro atoms. The molecular formula is C30H26N2O6S. The van der Waals surface area contributed by atoms with Gasteiger partial charge in [0.1, 0.15) is 0 Å². The van der Waals surface area contributed by atoms with Crippen LogP contribution in [0.1, 0.15) is 50.0 Å². The van der Waals surface area contributed by atoms with Crippen LogP contribution in [-0.2, 0) is 4.79 Å². The van der Waals surface area contributed by atoms with Gasteiger partial charge in [-0.05, 0) is 66.8 Å². The third-order valence-electron chi connectivity index (χ3n) is 6.16. The number of carbonyl (C=O) groups is 4. The summed E-state index contributed by atoms with van der Waals surface area (Å²) >= 11 is 1.32. The molecule has 0 saturated heterocycles. The van der Waals surface area contributed by atoms with Crippen molar-refractivity contribution in [2.75, 3.05) is 10.6 Å². The summed E-state index contributed by atoms with van der Waals surface area (Å²) in [6.07, 6.45) is 0.513. The van der Waals surface area contributed by atoms with Crippen molar-refractivity contribution in [1.29, 1.82) is 0 Å². The Bertz CT molecular complexity index is 1590. The summed E-state index contributed by atoms with van der Waals surface area (Å²) in [5.74, 6) is -2.91. The van der Waals surface area contributed by atoms with E-state index < -0.39 is 23.1 Å². The van der Waals surface area contributed by atoms with E-state index in [0.717, 1.165) is 10.5 Å². The maximum absolute atomic E-state index is 13.2. The average Bonchev–Trinajstić information content (AvgIpc) is 2.92. The Balaban J connectivity index is 1.52. The van der Waals surface area contributed by atoms with Crippen LogP contribution in [0.25, 0.3) is 10.8 Å². The number of carboxylic acid groups (broad SMARTS) is 2. The number of carbonyl (C=O) groups excluding carboxylic acids is 2. The van der Waals surface area contributed by atoms with E-state index in [2.05, 4.69) is 10.6 Å². The van der Waals surface area contributed by atoms with E-state index in [-0.39, 0.29) is 22.6 Å². The summed E-state index contributed by atoms with van der Waals surface area (Å²) in [5, 5.41) is 25.1. The lowest BCUT2D eigenvalue weighted by atomic mass is 9.98. The van der Waals surface area contributed by atoms with Gasteiger partial charge in [0.25, 0.3) is 5.91 Å². The molecule has 0 aromatic heterocycles. The number of benzene rings is 4. The summed E-state index contributed by atoms with van der Waals surface area (Å²) in [6.45, 7) is 3.67. The number of hydrogen-bond donors (Lipinski definition) is 4. The Morgan fingerprint density at radius 3 is 2.18 bits per heavy atom. The summed E-state index contributed by atoms with van der Waals surface area (Å²) in [7, 11) is 0. The smallest absolute Gasteiger partial charge is 0.336 e. The topological polar surface area (TPSA) is 133 Å². The van der Waals surface area contributed by atoms with Crippen molar-refractivity contribution in [3.8, 4) is 0 Å². The Morgan fingerprint density at radius 2 is 1.51 bits per heavy atom. The molecule has 0 fully saturated rings. The third-order valence-corrected chi connectivity index (χ3v) is 7.51. The maximum Gasteiger partial charge on any atom is 0.336 e. The Hall–Kier alpha value is -4.63. The molecule has 4 aromatic rings. The largest absolute Gasteiger partial charge is 0.478 e. The average molecular weight is 543 g/mol. The van der Waals surface area contributed by atoms with Gasteiger partial charge in [-0.2, -0.15) is 0 Å². The summed E-state index contributed by atoms with van der Waals surface area (Å²) in [4.78, 5) is 50.1. The molecule has 0 saturated carbocycles. The van der Waals surface area contributed by atoms with E-state index >= 15 is 0 Å². The first-order valence-corrected chi connectivity index (χ1v) is 13.0. The van der Waals surface area contributed by atoms with Crippen molar-refractivity contribution in [3.63, 3.8) is 0 Å². The Morgan fingerprint density at radius 1 is 0.821 bits per heavy atom. The molecule has 0 radical (unpaired) electrons. The fraction of sp³-hybridized carbons (Fsp3) is 0.133. The molecule has 4 rings (SSSR count). The van der Waals surface area contributed by atoms with Crippen molar-refractivity contribution < 1.29 is 29.4 Å². The molecule has 9 heteroatoms. The number of aryl methyl sites for hydroxylation is 1. The summed E-state index contributed by atoms with van der Waals surface area (Å²) in [5.41, 5.74) is 2.06. The highest BCUT2D eigenvalue weighted by Gasteiger charge is 2.21. The fourth-order valence-electron chi connectivity index (χ4n) is 4.14. The number of carboxylic acids is 2. The number of aromatic carboxylic acids is 2. The minimum atomic E-state index is -1.12. The number of fused-ring (bicyclic) bond motifs is 1. The third kappa shape index (κ3) is 6.27. The first kappa shape index (κ1) is 27.4. The van der Waals surface area contributed by atoms with Crippen molar-refractivity contribution >= 4 is 57.7 Å². The highest BCUT2D eigenvalue weighted by Crippen LogP contribution is 2.30. The molecule has 0 bridgehead atoms. The van der Waals surface area contributed by atoms with Crippen molar-refractivity contribution in [1.82, 2.24) is 0 Å². The van der Waals surface area contributed by atoms with Crippen LogP contribution in [0.3, 0.4) is 0 Å². The molecule has 2 amide bonds. The molecular weight excluding hydrogens is 516 g/mol. The van der Waals surface area contributed by atoms with Crippen LogP contribution >= 0.6 is 11.8 Å². The number of hydrogen-bond acceptors (Lipinski definition) is 5. The van der Waals surface area contributed by atoms with Crippen LogP contribution in [0.2, 0.25) is 0 Å². The maximum atomic E-state index is 13.2. The van der Waals surface area contributed by atoms with Gasteiger partial charge < -0.3 is 20.8 Å². The molecule has 0 aliphatic carbocycles. The van der Waals surface area contributed by atoms with E-state index in [1.807, 2.05) is 13.0 Å². The number of rotatable bonds is 9. The number of amides is 2. The number of anilines is 2. The zero-order valence-corrected chi connectivity index (χ0v) is 22.0.